The van der Waals surface area contributed by atoms with Crippen molar-refractivity contribution in [2.75, 3.05) is 24.6 Å². The Kier molecular flexibility index (Phi) is 9.15. The van der Waals surface area contributed by atoms with Gasteiger partial charge < -0.3 is 20.5 Å². The molecule has 0 spiro atoms. The summed E-state index contributed by atoms with van der Waals surface area (Å²) in [6.45, 7) is 0.711. The number of nitrogens with two attached hydrogens (primary N) is 1. The zero-order valence-corrected chi connectivity index (χ0v) is 18.6. The highest BCUT2D eigenvalue weighted by molar-refractivity contribution is 8.00. The maximum Gasteiger partial charge on any atom is 0.351 e. The van der Waals surface area contributed by atoms with Crippen molar-refractivity contribution >= 4 is 23.5 Å². The fraction of sp³-hybridized carbons (Fsp3) is 0.476. The molecule has 2 atom stereocenters. The quantitative estimate of drug-likeness (QED) is 0.284. The lowest BCUT2D eigenvalue weighted by atomic mass is 10.1. The van der Waals surface area contributed by atoms with Crippen LogP contribution in [0, 0.1) is 17.5 Å². The first-order valence-electron chi connectivity index (χ1n) is 10.5. The van der Waals surface area contributed by atoms with E-state index in [9.17, 15) is 22.8 Å². The van der Waals surface area contributed by atoms with Gasteiger partial charge in [0.15, 0.2) is 17.5 Å². The molecular weight excluding hydrogens is 461 g/mol. The van der Waals surface area contributed by atoms with E-state index in [0.29, 0.717) is 18.7 Å². The van der Waals surface area contributed by atoms with E-state index in [1.807, 2.05) is 0 Å². The van der Waals surface area contributed by atoms with E-state index in [2.05, 4.69) is 10.3 Å². The molecule has 180 valence electrons. The maximum absolute atomic E-state index is 13.6. The summed E-state index contributed by atoms with van der Waals surface area (Å²) in [5, 5.41) is 2.96. The number of hydrogen-bond acceptors (Lipinski definition) is 8. The molecule has 0 aliphatic carbocycles. The van der Waals surface area contributed by atoms with Gasteiger partial charge >= 0.3 is 11.7 Å². The van der Waals surface area contributed by atoms with Crippen LogP contribution in [0.1, 0.15) is 37.5 Å². The Balaban J connectivity index is 1.25. The minimum Gasteiger partial charge on any atom is -0.462 e. The Labute approximate surface area is 192 Å². The third-order valence-electron chi connectivity index (χ3n) is 4.94. The number of nitrogens with one attached hydrogen (secondary N) is 1. The monoisotopic (exact) mass is 486 g/mol. The van der Waals surface area contributed by atoms with Crippen molar-refractivity contribution in [3.05, 3.63) is 57.9 Å². The molecule has 1 aliphatic heterocycles. The van der Waals surface area contributed by atoms with Crippen LogP contribution in [0.15, 0.2) is 29.2 Å². The first-order chi connectivity index (χ1) is 15.8. The van der Waals surface area contributed by atoms with Gasteiger partial charge in [0.05, 0.1) is 0 Å². The molecule has 3 rings (SSSR count). The number of nitrogens with zero attached hydrogens (tertiary/aromatic N) is 2. The van der Waals surface area contributed by atoms with Crippen molar-refractivity contribution < 1.29 is 27.4 Å². The molecule has 0 bridgehead atoms. The van der Waals surface area contributed by atoms with E-state index in [-0.39, 0.29) is 42.4 Å². The van der Waals surface area contributed by atoms with Gasteiger partial charge in [-0.1, -0.05) is 12.5 Å². The lowest BCUT2D eigenvalue weighted by Gasteiger charge is -2.14. The fourth-order valence-electron chi connectivity index (χ4n) is 3.18. The highest BCUT2D eigenvalue weighted by atomic mass is 32.2. The van der Waals surface area contributed by atoms with Gasteiger partial charge in [0.2, 0.25) is 0 Å². The number of hydrogen-bond donors (Lipinski definition) is 2. The number of carbonyl (C=O) groups is 1. The number of aromatic nitrogens is 2. The van der Waals surface area contributed by atoms with Crippen LogP contribution in [0.5, 0.6) is 0 Å². The van der Waals surface area contributed by atoms with Gasteiger partial charge in [-0.05, 0) is 31.5 Å². The van der Waals surface area contributed by atoms with Crippen LogP contribution in [-0.2, 0) is 20.8 Å². The molecule has 33 heavy (non-hydrogen) atoms. The predicted molar refractivity (Wildman–Crippen MR) is 117 cm³/mol. The molecule has 1 aliphatic rings. The lowest BCUT2D eigenvalue weighted by Crippen LogP contribution is -2.29. The number of carbonyl (C=O) groups excluding carboxylic acids is 1. The van der Waals surface area contributed by atoms with Crippen LogP contribution < -0.4 is 16.7 Å². The topological polar surface area (TPSA) is 108 Å². The number of esters is 1. The van der Waals surface area contributed by atoms with Crippen LogP contribution >= 0.6 is 11.8 Å². The summed E-state index contributed by atoms with van der Waals surface area (Å²) >= 11 is 1.44. The Morgan fingerprint density at radius 2 is 2.06 bits per heavy atom. The molecule has 1 saturated heterocycles. The molecule has 0 saturated carbocycles. The molecule has 0 radical (unpaired) electrons. The first-order valence-corrected chi connectivity index (χ1v) is 11.5. The summed E-state index contributed by atoms with van der Waals surface area (Å²) in [4.78, 5) is 27.5. The van der Waals surface area contributed by atoms with Gasteiger partial charge in [0, 0.05) is 30.5 Å². The van der Waals surface area contributed by atoms with Gasteiger partial charge in [0.25, 0.3) is 0 Å². The minimum absolute atomic E-state index is 0.0595. The molecule has 1 fully saturated rings. The van der Waals surface area contributed by atoms with Gasteiger partial charge in [-0.3, -0.25) is 9.36 Å². The Bertz CT molecular complexity index is 1020. The molecule has 2 heterocycles. The van der Waals surface area contributed by atoms with Crippen molar-refractivity contribution in [3.63, 3.8) is 0 Å². The van der Waals surface area contributed by atoms with Gasteiger partial charge in [-0.2, -0.15) is 4.98 Å². The highest BCUT2D eigenvalue weighted by Gasteiger charge is 2.29. The highest BCUT2D eigenvalue weighted by Crippen LogP contribution is 2.31. The van der Waals surface area contributed by atoms with Crippen LogP contribution in [0.2, 0.25) is 0 Å². The van der Waals surface area contributed by atoms with E-state index < -0.39 is 29.4 Å². The van der Waals surface area contributed by atoms with E-state index in [4.69, 9.17) is 15.2 Å². The standard InChI is InChI=1S/C21H25F3N4O4S/c22-14-6-5-13(19(23)20(14)24)10-26-8-3-1-2-4-17(29)31-11-18-32-16(12-33-18)28-9-7-15(25)27-21(28)30/h5-7,9,16,18,26H,1-4,8,10-12H2,(H2,25,27,30). The second-order valence-electron chi connectivity index (χ2n) is 7.40. The summed E-state index contributed by atoms with van der Waals surface area (Å²) in [5.41, 5.74) is 4.67. The number of nitrogen functional groups attached to an aromatic ring is 1. The zero-order valence-electron chi connectivity index (χ0n) is 17.8. The number of ether oxygens (including phenoxy) is 2. The third-order valence-corrected chi connectivity index (χ3v) is 6.04. The number of rotatable bonds is 11. The van der Waals surface area contributed by atoms with Gasteiger partial charge in [-0.25, -0.2) is 18.0 Å². The van der Waals surface area contributed by atoms with Crippen LogP contribution in [0.3, 0.4) is 0 Å². The molecular formula is C21H25F3N4O4S. The fourth-order valence-corrected chi connectivity index (χ4v) is 4.17. The predicted octanol–water partition coefficient (Wildman–Crippen LogP) is 2.72. The molecule has 12 heteroatoms. The first kappa shape index (κ1) is 25.1. The van der Waals surface area contributed by atoms with Crippen LogP contribution in [-0.4, -0.2) is 39.9 Å². The number of thioether (sulfide) groups is 1. The Morgan fingerprint density at radius 3 is 2.85 bits per heavy atom. The third kappa shape index (κ3) is 7.21. The minimum atomic E-state index is -1.47. The van der Waals surface area contributed by atoms with Crippen molar-refractivity contribution in [3.8, 4) is 0 Å². The van der Waals surface area contributed by atoms with Crippen molar-refractivity contribution in [1.82, 2.24) is 14.9 Å². The smallest absolute Gasteiger partial charge is 0.351 e. The van der Waals surface area contributed by atoms with E-state index >= 15 is 0 Å². The summed E-state index contributed by atoms with van der Waals surface area (Å²) in [6.07, 6.45) is 3.37. The van der Waals surface area contributed by atoms with Crippen molar-refractivity contribution in [2.45, 2.75) is 43.9 Å². The SMILES string of the molecule is Nc1ccn(C2CSC(COC(=O)CCCCCNCc3ccc(F)c(F)c3F)O2)c(=O)n1. The number of halogens is 3. The van der Waals surface area contributed by atoms with E-state index in [1.165, 1.54) is 34.7 Å². The second-order valence-corrected chi connectivity index (χ2v) is 8.59. The van der Waals surface area contributed by atoms with Crippen molar-refractivity contribution in [1.29, 1.82) is 0 Å². The van der Waals surface area contributed by atoms with Crippen LogP contribution in [0.4, 0.5) is 19.0 Å². The van der Waals surface area contributed by atoms with E-state index in [0.717, 1.165) is 18.9 Å². The number of unbranched alkanes of at least 4 members (excludes halogenated alkanes) is 2. The molecule has 3 N–H and O–H groups in total. The largest absolute Gasteiger partial charge is 0.462 e. The molecule has 0 amide bonds. The average molecular weight is 487 g/mol. The maximum atomic E-state index is 13.6. The molecule has 2 unspecified atom stereocenters. The molecule has 8 nitrogen and oxygen atoms in total. The second kappa shape index (κ2) is 12.1. The summed E-state index contributed by atoms with van der Waals surface area (Å²) < 4.78 is 52.0. The number of benzene rings is 1. The summed E-state index contributed by atoms with van der Waals surface area (Å²) in [5.74, 6) is -3.55. The average Bonchev–Trinajstić information content (AvgIpc) is 3.25. The van der Waals surface area contributed by atoms with Crippen molar-refractivity contribution in [2.24, 2.45) is 0 Å². The number of anilines is 1. The van der Waals surface area contributed by atoms with E-state index in [1.54, 1.807) is 0 Å². The molecule has 1 aromatic heterocycles. The lowest BCUT2D eigenvalue weighted by molar-refractivity contribution is -0.147. The van der Waals surface area contributed by atoms with Gasteiger partial charge in [0.1, 0.15) is 24.1 Å². The Morgan fingerprint density at radius 1 is 1.24 bits per heavy atom. The molecule has 1 aromatic carbocycles. The summed E-state index contributed by atoms with van der Waals surface area (Å²) in [6, 6.07) is 3.61. The Hall–Kier alpha value is -2.57. The zero-order chi connectivity index (χ0) is 23.8. The van der Waals surface area contributed by atoms with Crippen LogP contribution in [0.25, 0.3) is 0 Å². The summed E-state index contributed by atoms with van der Waals surface area (Å²) in [7, 11) is 0. The molecule has 2 aromatic rings. The normalized spacial score (nSPS) is 17.9. The van der Waals surface area contributed by atoms with Gasteiger partial charge in [-0.15, -0.1) is 11.8 Å².